The third-order valence-electron chi connectivity index (χ3n) is 4.44. The van der Waals surface area contributed by atoms with Gasteiger partial charge in [0.15, 0.2) is 0 Å². The summed E-state index contributed by atoms with van der Waals surface area (Å²) in [6.07, 6.45) is 0.805. The van der Waals surface area contributed by atoms with Crippen LogP contribution in [0.15, 0.2) is 78.9 Å². The minimum absolute atomic E-state index is 0.605. The van der Waals surface area contributed by atoms with Crippen molar-refractivity contribution in [2.75, 3.05) is 6.23 Å². The molecule has 26 heavy (non-hydrogen) atoms. The summed E-state index contributed by atoms with van der Waals surface area (Å²) < 4.78 is 12.0. The van der Waals surface area contributed by atoms with Gasteiger partial charge in [0, 0.05) is 6.23 Å². The number of hydrogen-bond donors (Lipinski definition) is 0. The predicted octanol–water partition coefficient (Wildman–Crippen LogP) is 5.46. The highest BCUT2D eigenvalue weighted by Gasteiger charge is 2.23. The zero-order valence-electron chi connectivity index (χ0n) is 15.7. The Morgan fingerprint density at radius 2 is 1.46 bits per heavy atom. The van der Waals surface area contributed by atoms with E-state index in [0.717, 1.165) is 23.3 Å². The van der Waals surface area contributed by atoms with E-state index in [-0.39, 0.29) is 0 Å². The van der Waals surface area contributed by atoms with E-state index in [9.17, 15) is 0 Å². The monoisotopic (exact) mass is 362 g/mol. The van der Waals surface area contributed by atoms with E-state index in [1.807, 2.05) is 48.5 Å². The number of rotatable bonds is 7. The fourth-order valence-electron chi connectivity index (χ4n) is 2.84. The molecular formula is C23H26O2Si. The topological polar surface area (TPSA) is 18.5 Å². The average Bonchev–Trinajstić information content (AvgIpc) is 2.63. The highest BCUT2D eigenvalue weighted by atomic mass is 28.3. The third kappa shape index (κ3) is 5.07. The lowest BCUT2D eigenvalue weighted by molar-refractivity contribution is 0.160. The van der Waals surface area contributed by atoms with Crippen LogP contribution in [0.25, 0.3) is 0 Å². The number of ether oxygens (including phenoxy) is 2. The van der Waals surface area contributed by atoms with Gasteiger partial charge in [-0.05, 0) is 36.8 Å². The van der Waals surface area contributed by atoms with Crippen molar-refractivity contribution in [3.63, 3.8) is 0 Å². The standard InChI is InChI=1S/C23H26O2Si/c1-19-12-14-23(15-13-19)26(2,3)18-24-17-20-8-7-11-22(16-20)25-21-9-5-4-6-10-21/h4-16H,17-18H2,1-3H3. The van der Waals surface area contributed by atoms with Gasteiger partial charge < -0.3 is 9.47 Å². The normalized spacial score (nSPS) is 11.3. The van der Waals surface area contributed by atoms with E-state index in [1.165, 1.54) is 10.8 Å². The highest BCUT2D eigenvalue weighted by molar-refractivity contribution is 6.89. The van der Waals surface area contributed by atoms with E-state index < -0.39 is 8.07 Å². The number of benzene rings is 3. The van der Waals surface area contributed by atoms with Crippen molar-refractivity contribution in [2.24, 2.45) is 0 Å². The zero-order chi connectivity index (χ0) is 18.4. The summed E-state index contributed by atoms with van der Waals surface area (Å²) in [7, 11) is -1.58. The second kappa shape index (κ2) is 8.34. The molecule has 0 unspecified atom stereocenters. The molecule has 3 aromatic carbocycles. The minimum Gasteiger partial charge on any atom is -0.457 e. The molecule has 134 valence electrons. The summed E-state index contributed by atoms with van der Waals surface area (Å²) in [4.78, 5) is 0. The minimum atomic E-state index is -1.58. The van der Waals surface area contributed by atoms with Gasteiger partial charge in [-0.3, -0.25) is 0 Å². The number of hydrogen-bond acceptors (Lipinski definition) is 2. The first-order valence-corrected chi connectivity index (χ1v) is 12.2. The van der Waals surface area contributed by atoms with E-state index in [1.54, 1.807) is 0 Å². The molecule has 0 aromatic heterocycles. The molecule has 0 radical (unpaired) electrons. The van der Waals surface area contributed by atoms with Crippen LogP contribution < -0.4 is 9.92 Å². The molecule has 0 N–H and O–H groups in total. The second-order valence-corrected chi connectivity index (χ2v) is 11.9. The second-order valence-electron chi connectivity index (χ2n) is 7.31. The Morgan fingerprint density at radius 3 is 2.19 bits per heavy atom. The highest BCUT2D eigenvalue weighted by Crippen LogP contribution is 2.22. The van der Waals surface area contributed by atoms with Gasteiger partial charge in [-0.1, -0.05) is 78.4 Å². The van der Waals surface area contributed by atoms with Crippen LogP contribution in [0.5, 0.6) is 11.5 Å². The molecular weight excluding hydrogens is 336 g/mol. The molecule has 3 aromatic rings. The third-order valence-corrected chi connectivity index (χ3v) is 7.26. The van der Waals surface area contributed by atoms with Crippen molar-refractivity contribution in [1.82, 2.24) is 0 Å². The molecule has 0 saturated heterocycles. The fraction of sp³-hybridized carbons (Fsp3) is 0.217. The van der Waals surface area contributed by atoms with Crippen LogP contribution in [0.4, 0.5) is 0 Å². The molecule has 3 heteroatoms. The molecule has 0 spiro atoms. The van der Waals surface area contributed by atoms with Gasteiger partial charge >= 0.3 is 0 Å². The number of para-hydroxylation sites is 1. The predicted molar refractivity (Wildman–Crippen MR) is 111 cm³/mol. The van der Waals surface area contributed by atoms with Gasteiger partial charge in [0.25, 0.3) is 0 Å². The lowest BCUT2D eigenvalue weighted by Gasteiger charge is -2.23. The first kappa shape index (κ1) is 18.4. The Morgan fingerprint density at radius 1 is 0.769 bits per heavy atom. The van der Waals surface area contributed by atoms with Crippen molar-refractivity contribution in [1.29, 1.82) is 0 Å². The first-order valence-electron chi connectivity index (χ1n) is 9.00. The SMILES string of the molecule is Cc1ccc([Si](C)(C)COCc2cccc(Oc3ccccc3)c2)cc1. The molecule has 0 aliphatic carbocycles. The largest absolute Gasteiger partial charge is 0.457 e. The van der Waals surface area contributed by atoms with Gasteiger partial charge in [-0.25, -0.2) is 0 Å². The molecule has 0 saturated carbocycles. The summed E-state index contributed by atoms with van der Waals surface area (Å²) in [6.45, 7) is 7.44. The maximum atomic E-state index is 6.08. The Bertz CT molecular complexity index is 826. The summed E-state index contributed by atoms with van der Waals surface area (Å²) in [5, 5.41) is 1.43. The Balaban J connectivity index is 1.58. The number of aryl methyl sites for hydroxylation is 1. The Hall–Kier alpha value is -2.36. The van der Waals surface area contributed by atoms with Crippen LogP contribution in [-0.2, 0) is 11.3 Å². The van der Waals surface area contributed by atoms with Crippen molar-refractivity contribution in [3.05, 3.63) is 90.0 Å². The van der Waals surface area contributed by atoms with Gasteiger partial charge in [-0.15, -0.1) is 0 Å². The Kier molecular flexibility index (Phi) is 5.91. The molecule has 0 atom stereocenters. The maximum absolute atomic E-state index is 6.08. The van der Waals surface area contributed by atoms with Gasteiger partial charge in [-0.2, -0.15) is 0 Å². The van der Waals surface area contributed by atoms with Crippen LogP contribution in [-0.4, -0.2) is 14.3 Å². The lowest BCUT2D eigenvalue weighted by Crippen LogP contribution is -2.46. The van der Waals surface area contributed by atoms with Crippen molar-refractivity contribution in [3.8, 4) is 11.5 Å². The first-order chi connectivity index (χ1) is 12.5. The Labute approximate surface area is 157 Å². The molecule has 0 fully saturated rings. The van der Waals surface area contributed by atoms with Gasteiger partial charge in [0.05, 0.1) is 6.61 Å². The zero-order valence-corrected chi connectivity index (χ0v) is 16.7. The molecule has 0 bridgehead atoms. The van der Waals surface area contributed by atoms with E-state index in [4.69, 9.17) is 9.47 Å². The van der Waals surface area contributed by atoms with Crippen LogP contribution in [0.1, 0.15) is 11.1 Å². The maximum Gasteiger partial charge on any atom is 0.127 e. The fourth-order valence-corrected chi connectivity index (χ4v) is 4.68. The molecule has 0 heterocycles. The summed E-state index contributed by atoms with van der Waals surface area (Å²) in [5.74, 6) is 1.69. The van der Waals surface area contributed by atoms with Crippen LogP contribution >= 0.6 is 0 Å². The van der Waals surface area contributed by atoms with Crippen LogP contribution in [0, 0.1) is 6.92 Å². The summed E-state index contributed by atoms with van der Waals surface area (Å²) in [6, 6.07) is 26.8. The molecule has 0 aliphatic rings. The van der Waals surface area contributed by atoms with Crippen molar-refractivity contribution < 1.29 is 9.47 Å². The van der Waals surface area contributed by atoms with Crippen LogP contribution in [0.3, 0.4) is 0 Å². The smallest absolute Gasteiger partial charge is 0.127 e. The summed E-state index contributed by atoms with van der Waals surface area (Å²) in [5.41, 5.74) is 2.43. The van der Waals surface area contributed by atoms with Gasteiger partial charge in [0.2, 0.25) is 0 Å². The van der Waals surface area contributed by atoms with Crippen molar-refractivity contribution in [2.45, 2.75) is 26.6 Å². The van der Waals surface area contributed by atoms with E-state index in [2.05, 4.69) is 50.3 Å². The lowest BCUT2D eigenvalue weighted by atomic mass is 10.2. The quantitative estimate of drug-likeness (QED) is 0.520. The summed E-state index contributed by atoms with van der Waals surface area (Å²) >= 11 is 0. The average molecular weight is 363 g/mol. The molecule has 3 rings (SSSR count). The molecule has 0 aliphatic heterocycles. The van der Waals surface area contributed by atoms with Crippen molar-refractivity contribution >= 4 is 13.3 Å². The van der Waals surface area contributed by atoms with Crippen LogP contribution in [0.2, 0.25) is 13.1 Å². The molecule has 2 nitrogen and oxygen atoms in total. The molecule has 0 amide bonds. The van der Waals surface area contributed by atoms with E-state index in [0.29, 0.717) is 6.61 Å². The van der Waals surface area contributed by atoms with Gasteiger partial charge in [0.1, 0.15) is 19.6 Å². The van der Waals surface area contributed by atoms with E-state index >= 15 is 0 Å².